The number of aliphatic hydroxyl groups is 3. The number of unbranched alkanes of at least 4 members (excludes halogenated alkanes) is 1. The molecule has 0 radical (unpaired) electrons. The summed E-state index contributed by atoms with van der Waals surface area (Å²) in [5, 5.41) is 39.7. The Kier molecular flexibility index (Phi) is 25.1. The van der Waals surface area contributed by atoms with E-state index in [0.717, 1.165) is 70.9 Å². The maximum Gasteiger partial charge on any atom is 0.418 e. The number of amides is 2. The van der Waals surface area contributed by atoms with Gasteiger partial charge in [-0.05, 0) is 173 Å². The van der Waals surface area contributed by atoms with Gasteiger partial charge < -0.3 is 41.0 Å². The molecule has 5 aliphatic heterocycles. The summed E-state index contributed by atoms with van der Waals surface area (Å²) in [4.78, 5) is 39.8. The van der Waals surface area contributed by atoms with E-state index in [9.17, 15) is 46.1 Å². The SMILES string of the molecule is CC1CNC1.CCCCN1CC(O[Si](C)(C)C(C)(C)C)C1.Cc1cc(C(=O)NCCCN2CC(O)C2)nc2c(C(F)(F)F)cc(C3CC3)cc12.Cc1cc(C(=O)NCCCN2CC(O)C2)nc2c(C(F)(F)F)cc(C3CC3)cc12.Cl.OC1CNC1. The summed E-state index contributed by atoms with van der Waals surface area (Å²) in [5.41, 5.74) is 0.745. The first-order valence-electron chi connectivity index (χ1n) is 30.4. The van der Waals surface area contributed by atoms with Crippen LogP contribution in [0.5, 0.6) is 0 Å². The molecule has 5 saturated heterocycles. The van der Waals surface area contributed by atoms with Gasteiger partial charge in [-0.25, -0.2) is 9.97 Å². The lowest BCUT2D eigenvalue weighted by Gasteiger charge is -2.46. The Balaban J connectivity index is 0.000000193. The first-order valence-corrected chi connectivity index (χ1v) is 33.3. The van der Waals surface area contributed by atoms with Crippen LogP contribution in [0.3, 0.4) is 0 Å². The minimum absolute atomic E-state index is 0. The van der Waals surface area contributed by atoms with Crippen molar-refractivity contribution < 1.29 is 55.7 Å². The van der Waals surface area contributed by atoms with Gasteiger partial charge in [-0.3, -0.25) is 24.3 Å². The second kappa shape index (κ2) is 30.4. The molecule has 7 N–H and O–H groups in total. The number of aromatic nitrogens is 2. The van der Waals surface area contributed by atoms with Crippen LogP contribution in [0.25, 0.3) is 21.8 Å². The molecule has 7 heterocycles. The number of aliphatic hydroxyl groups excluding tert-OH is 3. The standard InChI is InChI=1S/2C21H24F3N3O2.C13H29NOSi.C4H9N.C3H7NO.ClH/c2*1-12-7-18(20(29)25-5-2-6-27-10-15(28)11-27)26-19-16(12)8-14(13-3-4-13)9-17(19)21(22,23)24;1-7-8-9-14-10-12(11-14)15-16(5,6)13(2,3)4;1-4-2-5-3-4;5-3-1-4-2-3;/h2*7-9,13,15,28H,2-6,10-11H2,1H3,(H,25,29);12H,7-11H2,1-6H3;4-5H,2-3H2,1H3;3-5H,1-2H2;1H. The van der Waals surface area contributed by atoms with Gasteiger partial charge in [0, 0.05) is 89.3 Å². The number of aryl methyl sites for hydroxylation is 2. The van der Waals surface area contributed by atoms with Gasteiger partial charge in [0.2, 0.25) is 0 Å². The number of likely N-dealkylation sites (tertiary alicyclic amines) is 3. The highest BCUT2D eigenvalue weighted by Gasteiger charge is 2.42. The Labute approximate surface area is 505 Å². The minimum atomic E-state index is -4.53. The summed E-state index contributed by atoms with van der Waals surface area (Å²) in [6, 6.07) is 9.06. The highest BCUT2D eigenvalue weighted by Crippen LogP contribution is 2.46. The molecule has 0 unspecified atom stereocenters. The van der Waals surface area contributed by atoms with Crippen LogP contribution >= 0.6 is 12.4 Å². The number of carbonyl (C=O) groups is 2. The fourth-order valence-electron chi connectivity index (χ4n) is 10.1. The predicted molar refractivity (Wildman–Crippen MR) is 327 cm³/mol. The fourth-order valence-corrected chi connectivity index (χ4v) is 11.4. The molecule has 4 aromatic rings. The number of nitrogens with zero attached hydrogens (tertiary/aromatic N) is 5. The average Bonchev–Trinajstić information content (AvgIpc) is 2.05. The van der Waals surface area contributed by atoms with E-state index in [1.54, 1.807) is 38.1 Å². The summed E-state index contributed by atoms with van der Waals surface area (Å²) in [6.45, 7) is 32.1. The normalized spacial score (nSPS) is 19.1. The number of hydrogen-bond donors (Lipinski definition) is 7. The molecule has 0 bridgehead atoms. The van der Waals surface area contributed by atoms with Crippen molar-refractivity contribution in [1.29, 1.82) is 0 Å². The van der Waals surface area contributed by atoms with E-state index in [-0.39, 0.29) is 65.0 Å². The molecule has 85 heavy (non-hydrogen) atoms. The van der Waals surface area contributed by atoms with Crippen molar-refractivity contribution in [2.24, 2.45) is 5.92 Å². The second-order valence-electron chi connectivity index (χ2n) is 25.9. The number of nitrogens with one attached hydrogen (secondary N) is 4. The number of carbonyl (C=O) groups excluding carboxylic acids is 2. The molecule has 7 aliphatic rings. The van der Waals surface area contributed by atoms with Gasteiger partial charge in [-0.2, -0.15) is 26.3 Å². The Hall–Kier alpha value is -4.07. The highest BCUT2D eigenvalue weighted by molar-refractivity contribution is 6.74. The molecule has 2 amide bonds. The van der Waals surface area contributed by atoms with Gasteiger partial charge in [0.15, 0.2) is 8.32 Å². The van der Waals surface area contributed by atoms with E-state index < -0.39 is 43.6 Å². The van der Waals surface area contributed by atoms with Crippen molar-refractivity contribution >= 4 is 54.3 Å². The number of β-amino-alcohol motifs (C(OH)–C–C–N with tert-alkyl or cyclic N) is 3. The van der Waals surface area contributed by atoms with Crippen molar-refractivity contribution in [1.82, 2.24) is 45.9 Å². The number of fused-ring (bicyclic) bond motifs is 2. The van der Waals surface area contributed by atoms with E-state index >= 15 is 0 Å². The maximum absolute atomic E-state index is 13.7. The smallest absolute Gasteiger partial charge is 0.411 e. The molecule has 7 fully saturated rings. The topological polar surface area (TPSA) is 188 Å². The third kappa shape index (κ3) is 20.5. The Bertz CT molecular complexity index is 2660. The average molecular weight is 1240 g/mol. The van der Waals surface area contributed by atoms with Crippen molar-refractivity contribution in [3.05, 3.63) is 81.2 Å². The number of alkyl halides is 6. The van der Waals surface area contributed by atoms with E-state index in [1.165, 1.54) is 44.6 Å². The molecule has 23 heteroatoms. The van der Waals surface area contributed by atoms with Gasteiger partial charge in [-0.1, -0.05) is 41.0 Å². The minimum Gasteiger partial charge on any atom is -0.411 e. The summed E-state index contributed by atoms with van der Waals surface area (Å²) in [6.07, 6.45) is -1.47. The van der Waals surface area contributed by atoms with Crippen LogP contribution < -0.4 is 21.3 Å². The van der Waals surface area contributed by atoms with Crippen molar-refractivity contribution in [2.45, 2.75) is 167 Å². The maximum atomic E-state index is 13.7. The molecular formula is C62H94ClF6N9O6Si. The Morgan fingerprint density at radius 3 is 1.28 bits per heavy atom. The van der Waals surface area contributed by atoms with Crippen molar-refractivity contribution in [2.75, 3.05) is 98.2 Å². The first-order chi connectivity index (χ1) is 39.5. The van der Waals surface area contributed by atoms with Crippen LogP contribution in [0.2, 0.25) is 18.1 Å². The lowest BCUT2D eigenvalue weighted by Crippen LogP contribution is -2.57. The van der Waals surface area contributed by atoms with Crippen LogP contribution in [0, 0.1) is 19.8 Å². The summed E-state index contributed by atoms with van der Waals surface area (Å²) < 4.78 is 88.4. The monoisotopic (exact) mass is 1240 g/mol. The van der Waals surface area contributed by atoms with Crippen molar-refractivity contribution in [3.8, 4) is 0 Å². The Morgan fingerprint density at radius 2 is 0.988 bits per heavy atom. The molecule has 15 nitrogen and oxygen atoms in total. The first kappa shape index (κ1) is 70.0. The third-order valence-electron chi connectivity index (χ3n) is 17.0. The van der Waals surface area contributed by atoms with Gasteiger partial charge >= 0.3 is 12.4 Å². The molecule has 0 spiro atoms. The number of hydrogen-bond acceptors (Lipinski definition) is 13. The molecule has 476 valence electrons. The molecule has 2 aliphatic carbocycles. The number of halogens is 7. The second-order valence-corrected chi connectivity index (χ2v) is 30.6. The quantitative estimate of drug-likeness (QED) is 0.0301. The third-order valence-corrected chi connectivity index (χ3v) is 21.5. The van der Waals surface area contributed by atoms with Gasteiger partial charge in [0.1, 0.15) is 11.4 Å². The van der Waals surface area contributed by atoms with Crippen molar-refractivity contribution in [3.63, 3.8) is 0 Å². The van der Waals surface area contributed by atoms with E-state index in [0.29, 0.717) is 96.3 Å². The van der Waals surface area contributed by atoms with Crippen LogP contribution in [-0.2, 0) is 16.8 Å². The Morgan fingerprint density at radius 1 is 0.624 bits per heavy atom. The largest absolute Gasteiger partial charge is 0.418 e. The molecule has 2 aromatic heterocycles. The van der Waals surface area contributed by atoms with Gasteiger partial charge in [-0.15, -0.1) is 12.4 Å². The number of benzene rings is 2. The molecule has 0 atom stereocenters. The number of rotatable bonds is 17. The van der Waals surface area contributed by atoms with Gasteiger partial charge in [0.05, 0.1) is 46.6 Å². The number of pyridine rings is 2. The lowest BCUT2D eigenvalue weighted by atomic mass is 9.98. The molecule has 2 aromatic carbocycles. The van der Waals surface area contributed by atoms with Gasteiger partial charge in [0.25, 0.3) is 11.8 Å². The summed E-state index contributed by atoms with van der Waals surface area (Å²) >= 11 is 0. The van der Waals surface area contributed by atoms with Crippen LogP contribution in [-0.4, -0.2) is 183 Å². The zero-order valence-corrected chi connectivity index (χ0v) is 53.1. The molecule has 2 saturated carbocycles. The van der Waals surface area contributed by atoms with Crippen LogP contribution in [0.1, 0.15) is 152 Å². The zero-order valence-electron chi connectivity index (χ0n) is 51.2. The molecular weight excluding hydrogens is 1140 g/mol. The molecule has 11 rings (SSSR count). The van der Waals surface area contributed by atoms with Crippen LogP contribution in [0.4, 0.5) is 26.3 Å². The zero-order chi connectivity index (χ0) is 61.3. The van der Waals surface area contributed by atoms with E-state index in [4.69, 9.17) is 9.53 Å². The summed E-state index contributed by atoms with van der Waals surface area (Å²) in [7, 11) is -1.53. The van der Waals surface area contributed by atoms with Crippen LogP contribution in [0.15, 0.2) is 36.4 Å². The van der Waals surface area contributed by atoms with E-state index in [1.807, 2.05) is 0 Å². The van der Waals surface area contributed by atoms with E-state index in [2.05, 4.69) is 93.6 Å². The highest BCUT2D eigenvalue weighted by atomic mass is 35.5. The predicted octanol–water partition coefficient (Wildman–Crippen LogP) is 9.56. The lowest BCUT2D eigenvalue weighted by molar-refractivity contribution is -0.137. The summed E-state index contributed by atoms with van der Waals surface area (Å²) in [5.74, 6) is 0.386. The fraction of sp³-hybridized carbons (Fsp3) is 0.677.